The van der Waals surface area contributed by atoms with Crippen molar-refractivity contribution in [2.45, 2.75) is 23.9 Å². The molecule has 3 rings (SSSR count). The maximum Gasteiger partial charge on any atom is 0.233 e. The van der Waals surface area contributed by atoms with E-state index in [1.807, 2.05) is 55.7 Å². The van der Waals surface area contributed by atoms with Crippen LogP contribution in [0.15, 0.2) is 46.9 Å². The predicted octanol–water partition coefficient (Wildman–Crippen LogP) is 3.53. The fourth-order valence-electron chi connectivity index (χ4n) is 2.24. The second-order valence-corrected chi connectivity index (χ2v) is 7.52. The monoisotopic (exact) mass is 358 g/mol. The van der Waals surface area contributed by atoms with E-state index in [2.05, 4.69) is 20.6 Å². The van der Waals surface area contributed by atoms with E-state index in [4.69, 9.17) is 0 Å². The molecule has 0 aliphatic carbocycles. The van der Waals surface area contributed by atoms with Crippen LogP contribution >= 0.6 is 23.1 Å². The number of rotatable bonds is 6. The van der Waals surface area contributed by atoms with E-state index in [9.17, 15) is 4.79 Å². The van der Waals surface area contributed by atoms with Crippen LogP contribution in [0.4, 0.5) is 5.82 Å². The SMILES string of the molecule is CNc1nc(SC(C)C(=O)NCc2cccs2)nc2ccccc12. The van der Waals surface area contributed by atoms with Gasteiger partial charge in [-0.15, -0.1) is 11.3 Å². The lowest BCUT2D eigenvalue weighted by atomic mass is 10.2. The zero-order valence-corrected chi connectivity index (χ0v) is 15.1. The number of benzene rings is 1. The van der Waals surface area contributed by atoms with Crippen LogP contribution in [0.2, 0.25) is 0 Å². The number of carbonyl (C=O) groups excluding carboxylic acids is 1. The minimum Gasteiger partial charge on any atom is -0.372 e. The third-order valence-electron chi connectivity index (χ3n) is 3.49. The van der Waals surface area contributed by atoms with Gasteiger partial charge in [-0.25, -0.2) is 9.97 Å². The summed E-state index contributed by atoms with van der Waals surface area (Å²) in [7, 11) is 1.83. The summed E-state index contributed by atoms with van der Waals surface area (Å²) >= 11 is 2.99. The number of thioether (sulfide) groups is 1. The van der Waals surface area contributed by atoms with Crippen molar-refractivity contribution < 1.29 is 4.79 Å². The molecule has 0 aliphatic heterocycles. The molecule has 24 heavy (non-hydrogen) atoms. The van der Waals surface area contributed by atoms with E-state index in [0.29, 0.717) is 11.7 Å². The highest BCUT2D eigenvalue weighted by Crippen LogP contribution is 2.26. The number of carbonyl (C=O) groups is 1. The lowest BCUT2D eigenvalue weighted by Crippen LogP contribution is -2.30. The smallest absolute Gasteiger partial charge is 0.233 e. The Hall–Kier alpha value is -2.12. The van der Waals surface area contributed by atoms with Crippen LogP contribution < -0.4 is 10.6 Å². The normalized spacial score (nSPS) is 12.1. The summed E-state index contributed by atoms with van der Waals surface area (Å²) in [6.45, 7) is 2.42. The first-order valence-electron chi connectivity index (χ1n) is 7.58. The van der Waals surface area contributed by atoms with Gasteiger partial charge in [0.15, 0.2) is 5.16 Å². The Bertz CT molecular complexity index is 836. The molecule has 0 saturated heterocycles. The number of nitrogens with one attached hydrogen (secondary N) is 2. The van der Waals surface area contributed by atoms with Gasteiger partial charge < -0.3 is 10.6 Å². The van der Waals surface area contributed by atoms with Crippen LogP contribution in [0.3, 0.4) is 0 Å². The third kappa shape index (κ3) is 3.85. The molecule has 1 atom stereocenters. The zero-order valence-electron chi connectivity index (χ0n) is 13.4. The fourth-order valence-corrected chi connectivity index (χ4v) is 3.69. The van der Waals surface area contributed by atoms with Crippen molar-refractivity contribution >= 4 is 45.7 Å². The molecular weight excluding hydrogens is 340 g/mol. The maximum atomic E-state index is 12.3. The molecule has 0 radical (unpaired) electrons. The van der Waals surface area contributed by atoms with Crippen molar-refractivity contribution in [1.29, 1.82) is 0 Å². The van der Waals surface area contributed by atoms with Crippen molar-refractivity contribution in [2.75, 3.05) is 12.4 Å². The molecular formula is C17H18N4OS2. The van der Waals surface area contributed by atoms with Crippen LogP contribution in [0.25, 0.3) is 10.9 Å². The Balaban J connectivity index is 1.70. The van der Waals surface area contributed by atoms with Crippen LogP contribution in [0.1, 0.15) is 11.8 Å². The molecule has 2 aromatic heterocycles. The quantitative estimate of drug-likeness (QED) is 0.521. The van der Waals surface area contributed by atoms with Crippen molar-refractivity contribution in [2.24, 2.45) is 0 Å². The minimum absolute atomic E-state index is 0.0174. The van der Waals surface area contributed by atoms with Gasteiger partial charge >= 0.3 is 0 Å². The number of anilines is 1. The predicted molar refractivity (Wildman–Crippen MR) is 101 cm³/mol. The van der Waals surface area contributed by atoms with Crippen molar-refractivity contribution in [3.63, 3.8) is 0 Å². The lowest BCUT2D eigenvalue weighted by molar-refractivity contribution is -0.120. The molecule has 2 N–H and O–H groups in total. The molecule has 0 saturated carbocycles. The fraction of sp³-hybridized carbons (Fsp3) is 0.235. The molecule has 1 amide bonds. The first-order chi connectivity index (χ1) is 11.7. The summed E-state index contributed by atoms with van der Waals surface area (Å²) < 4.78 is 0. The van der Waals surface area contributed by atoms with Gasteiger partial charge in [-0.2, -0.15) is 0 Å². The van der Waals surface area contributed by atoms with Gasteiger partial charge in [0.2, 0.25) is 5.91 Å². The van der Waals surface area contributed by atoms with Crippen molar-refractivity contribution in [3.05, 3.63) is 46.7 Å². The number of aromatic nitrogens is 2. The summed E-state index contributed by atoms with van der Waals surface area (Å²) in [6.07, 6.45) is 0. The van der Waals surface area contributed by atoms with Gasteiger partial charge in [-0.1, -0.05) is 30.0 Å². The molecule has 5 nitrogen and oxygen atoms in total. The van der Waals surface area contributed by atoms with Gasteiger partial charge in [0.1, 0.15) is 5.82 Å². The van der Waals surface area contributed by atoms with E-state index in [1.165, 1.54) is 11.8 Å². The Kier molecular flexibility index (Phi) is 5.32. The zero-order chi connectivity index (χ0) is 16.9. The van der Waals surface area contributed by atoms with E-state index in [1.54, 1.807) is 11.3 Å². The number of amides is 1. The summed E-state index contributed by atoms with van der Waals surface area (Å²) in [5.41, 5.74) is 0.866. The van der Waals surface area contributed by atoms with Crippen LogP contribution in [-0.2, 0) is 11.3 Å². The van der Waals surface area contributed by atoms with E-state index in [0.717, 1.165) is 21.6 Å². The van der Waals surface area contributed by atoms with Crippen LogP contribution in [0.5, 0.6) is 0 Å². The number of fused-ring (bicyclic) bond motifs is 1. The Labute approximate surface area is 148 Å². The molecule has 1 unspecified atom stereocenters. The highest BCUT2D eigenvalue weighted by molar-refractivity contribution is 8.00. The van der Waals surface area contributed by atoms with Gasteiger partial charge in [0.05, 0.1) is 17.3 Å². The lowest BCUT2D eigenvalue weighted by Gasteiger charge is -2.12. The summed E-state index contributed by atoms with van der Waals surface area (Å²) in [6, 6.07) is 11.8. The number of nitrogens with zero attached hydrogens (tertiary/aromatic N) is 2. The Morgan fingerprint density at radius 3 is 2.83 bits per heavy atom. The Morgan fingerprint density at radius 2 is 2.08 bits per heavy atom. The molecule has 7 heteroatoms. The van der Waals surface area contributed by atoms with Crippen LogP contribution in [0, 0.1) is 0 Å². The van der Waals surface area contributed by atoms with E-state index >= 15 is 0 Å². The third-order valence-corrected chi connectivity index (χ3v) is 5.33. The Morgan fingerprint density at radius 1 is 1.25 bits per heavy atom. The molecule has 3 aromatic rings. The van der Waals surface area contributed by atoms with Gasteiger partial charge in [-0.05, 0) is 30.5 Å². The first-order valence-corrected chi connectivity index (χ1v) is 9.34. The molecule has 0 spiro atoms. The topological polar surface area (TPSA) is 66.9 Å². The van der Waals surface area contributed by atoms with Gasteiger partial charge in [-0.3, -0.25) is 4.79 Å². The molecule has 2 heterocycles. The summed E-state index contributed by atoms with van der Waals surface area (Å²) in [5, 5.41) is 9.34. The molecule has 0 aliphatic rings. The number of hydrogen-bond acceptors (Lipinski definition) is 6. The minimum atomic E-state index is -0.268. The largest absolute Gasteiger partial charge is 0.372 e. The van der Waals surface area contributed by atoms with Crippen molar-refractivity contribution in [1.82, 2.24) is 15.3 Å². The molecule has 124 valence electrons. The molecule has 0 bridgehead atoms. The van der Waals surface area contributed by atoms with Gasteiger partial charge in [0.25, 0.3) is 0 Å². The number of hydrogen-bond donors (Lipinski definition) is 2. The van der Waals surface area contributed by atoms with E-state index in [-0.39, 0.29) is 11.2 Å². The maximum absolute atomic E-state index is 12.3. The molecule has 1 aromatic carbocycles. The number of thiophene rings is 1. The van der Waals surface area contributed by atoms with Crippen LogP contribution in [-0.4, -0.2) is 28.2 Å². The summed E-state index contributed by atoms with van der Waals surface area (Å²) in [4.78, 5) is 22.5. The number of para-hydroxylation sites is 1. The second-order valence-electron chi connectivity index (χ2n) is 5.18. The second kappa shape index (κ2) is 7.63. The average Bonchev–Trinajstić information content (AvgIpc) is 3.12. The highest BCUT2D eigenvalue weighted by Gasteiger charge is 2.17. The summed E-state index contributed by atoms with van der Waals surface area (Å²) in [5.74, 6) is 0.755. The highest BCUT2D eigenvalue weighted by atomic mass is 32.2. The molecule has 0 fully saturated rings. The standard InChI is InChI=1S/C17H18N4OS2/c1-11(16(22)19-10-12-6-5-9-23-12)24-17-20-14-8-4-3-7-13(14)15(18-2)21-17/h3-9,11H,10H2,1-2H3,(H,19,22)(H,18,20,21). The van der Waals surface area contributed by atoms with E-state index < -0.39 is 0 Å². The average molecular weight is 358 g/mol. The van der Waals surface area contributed by atoms with Gasteiger partial charge in [0, 0.05) is 17.3 Å². The first kappa shape index (κ1) is 16.7. The van der Waals surface area contributed by atoms with Crippen molar-refractivity contribution in [3.8, 4) is 0 Å².